The van der Waals surface area contributed by atoms with E-state index in [1.807, 2.05) is 6.92 Å². The Balaban J connectivity index is 1.74. The minimum atomic E-state index is -3.03. The second-order valence-corrected chi connectivity index (χ2v) is 8.57. The van der Waals surface area contributed by atoms with Crippen molar-refractivity contribution in [3.8, 4) is 0 Å². The van der Waals surface area contributed by atoms with Crippen LogP contribution in [0.3, 0.4) is 0 Å². The Morgan fingerprint density at radius 3 is 2.86 bits per heavy atom. The molecule has 0 spiro atoms. The quantitative estimate of drug-likeness (QED) is 0.893. The van der Waals surface area contributed by atoms with E-state index >= 15 is 0 Å². The summed E-state index contributed by atoms with van der Waals surface area (Å²) in [5.74, 6) is 1.34. The number of rotatable bonds is 4. The molecule has 122 valence electrons. The molecule has 2 heterocycles. The molecule has 6 nitrogen and oxygen atoms in total. The molecule has 1 aromatic heterocycles. The fourth-order valence-corrected chi connectivity index (χ4v) is 4.86. The van der Waals surface area contributed by atoms with Crippen LogP contribution in [-0.4, -0.2) is 53.3 Å². The third-order valence-corrected chi connectivity index (χ3v) is 6.31. The molecule has 0 aromatic carbocycles. The number of carbonyl (C=O) groups is 1. The Morgan fingerprint density at radius 2 is 2.23 bits per heavy atom. The van der Waals surface area contributed by atoms with Crippen LogP contribution in [0.2, 0.25) is 0 Å². The molecule has 7 heteroatoms. The molecule has 1 aromatic rings. The number of hydrogen-bond acceptors (Lipinski definition) is 4. The zero-order valence-corrected chi connectivity index (χ0v) is 13.7. The number of aromatic nitrogens is 2. The van der Waals surface area contributed by atoms with Crippen LogP contribution < -0.4 is 0 Å². The standard InChI is InChI=1S/C15H23N3O3S/c1-2-12-9-16-14(17-12)8-15(19)18-6-3-7-22(20,21)10-13(18)11-4-5-11/h9,11,13H,2-8,10H2,1H3,(H,16,17). The number of nitrogens with zero attached hydrogens (tertiary/aromatic N) is 2. The summed E-state index contributed by atoms with van der Waals surface area (Å²) in [6.07, 6.45) is 5.44. The van der Waals surface area contributed by atoms with Gasteiger partial charge in [0, 0.05) is 24.5 Å². The van der Waals surface area contributed by atoms with Crippen molar-refractivity contribution in [2.45, 2.75) is 45.1 Å². The molecule has 0 bridgehead atoms. The normalized spacial score (nSPS) is 25.0. The van der Waals surface area contributed by atoms with Crippen molar-refractivity contribution < 1.29 is 13.2 Å². The summed E-state index contributed by atoms with van der Waals surface area (Å²) in [4.78, 5) is 21.8. The van der Waals surface area contributed by atoms with Crippen molar-refractivity contribution in [1.29, 1.82) is 0 Å². The first-order valence-electron chi connectivity index (χ1n) is 8.01. The molecular weight excluding hydrogens is 302 g/mol. The molecule has 2 fully saturated rings. The third kappa shape index (κ3) is 3.51. The first-order valence-corrected chi connectivity index (χ1v) is 9.83. The Morgan fingerprint density at radius 1 is 1.45 bits per heavy atom. The molecule has 1 aliphatic heterocycles. The van der Waals surface area contributed by atoms with Gasteiger partial charge in [-0.2, -0.15) is 0 Å². The molecular formula is C15H23N3O3S. The number of sulfone groups is 1. The number of aromatic amines is 1. The van der Waals surface area contributed by atoms with Crippen LogP contribution in [0, 0.1) is 5.92 Å². The van der Waals surface area contributed by atoms with Gasteiger partial charge in [0.2, 0.25) is 5.91 Å². The Labute approximate surface area is 131 Å². The van der Waals surface area contributed by atoms with Crippen LogP contribution in [0.1, 0.15) is 37.7 Å². The lowest BCUT2D eigenvalue weighted by atomic mass is 10.1. The molecule has 22 heavy (non-hydrogen) atoms. The van der Waals surface area contributed by atoms with Gasteiger partial charge in [-0.3, -0.25) is 4.79 Å². The Bertz CT molecular complexity index is 649. The van der Waals surface area contributed by atoms with Gasteiger partial charge < -0.3 is 9.88 Å². The van der Waals surface area contributed by atoms with Gasteiger partial charge in [0.15, 0.2) is 9.84 Å². The highest BCUT2D eigenvalue weighted by Crippen LogP contribution is 2.37. The second-order valence-electron chi connectivity index (χ2n) is 6.35. The zero-order chi connectivity index (χ0) is 15.7. The van der Waals surface area contributed by atoms with Crippen LogP contribution in [0.25, 0.3) is 0 Å². The average Bonchev–Trinajstić information content (AvgIpc) is 3.23. The maximum atomic E-state index is 12.6. The van der Waals surface area contributed by atoms with Crippen LogP contribution in [0.15, 0.2) is 6.20 Å². The first-order chi connectivity index (χ1) is 10.5. The van der Waals surface area contributed by atoms with Crippen molar-refractivity contribution >= 4 is 15.7 Å². The summed E-state index contributed by atoms with van der Waals surface area (Å²) < 4.78 is 24.1. The van der Waals surface area contributed by atoms with Gasteiger partial charge in [-0.05, 0) is 31.6 Å². The summed E-state index contributed by atoms with van der Waals surface area (Å²) in [5, 5.41) is 0. The maximum Gasteiger partial charge on any atom is 0.230 e. The van der Waals surface area contributed by atoms with Crippen LogP contribution >= 0.6 is 0 Å². The van der Waals surface area contributed by atoms with Gasteiger partial charge in [-0.25, -0.2) is 13.4 Å². The highest BCUT2D eigenvalue weighted by atomic mass is 32.2. The van der Waals surface area contributed by atoms with E-state index < -0.39 is 9.84 Å². The molecule has 2 aliphatic rings. The van der Waals surface area contributed by atoms with Gasteiger partial charge in [0.25, 0.3) is 0 Å². The predicted octanol–water partition coefficient (Wildman–Crippen LogP) is 0.940. The number of imidazole rings is 1. The van der Waals surface area contributed by atoms with E-state index in [1.165, 1.54) is 0 Å². The number of amides is 1. The number of carbonyl (C=O) groups excluding carboxylic acids is 1. The van der Waals surface area contributed by atoms with E-state index in [1.54, 1.807) is 11.1 Å². The van der Waals surface area contributed by atoms with Gasteiger partial charge in [0.1, 0.15) is 5.82 Å². The van der Waals surface area contributed by atoms with Gasteiger partial charge in [-0.1, -0.05) is 6.92 Å². The summed E-state index contributed by atoms with van der Waals surface area (Å²) >= 11 is 0. The van der Waals surface area contributed by atoms with Crippen molar-refractivity contribution in [3.05, 3.63) is 17.7 Å². The van der Waals surface area contributed by atoms with Gasteiger partial charge >= 0.3 is 0 Å². The van der Waals surface area contributed by atoms with Crippen molar-refractivity contribution in [1.82, 2.24) is 14.9 Å². The summed E-state index contributed by atoms with van der Waals surface area (Å²) in [7, 11) is -3.03. The SMILES string of the molecule is CCc1cnc(CC(=O)N2CCCS(=O)(=O)CC2C2CC2)[nH]1. The largest absolute Gasteiger partial charge is 0.345 e. The van der Waals surface area contributed by atoms with Crippen molar-refractivity contribution in [2.24, 2.45) is 5.92 Å². The monoisotopic (exact) mass is 325 g/mol. The van der Waals surface area contributed by atoms with E-state index in [2.05, 4.69) is 9.97 Å². The lowest BCUT2D eigenvalue weighted by Gasteiger charge is -2.29. The molecule has 3 rings (SSSR count). The molecule has 1 unspecified atom stereocenters. The summed E-state index contributed by atoms with van der Waals surface area (Å²) in [6, 6.07) is -0.138. The average molecular weight is 325 g/mol. The molecule has 1 saturated carbocycles. The van der Waals surface area contributed by atoms with Crippen LogP contribution in [-0.2, 0) is 27.5 Å². The third-order valence-electron chi connectivity index (χ3n) is 4.55. The smallest absolute Gasteiger partial charge is 0.230 e. The minimum absolute atomic E-state index is 0.00833. The molecule has 1 aliphatic carbocycles. The topological polar surface area (TPSA) is 83.1 Å². The Hall–Kier alpha value is -1.37. The molecule has 1 N–H and O–H groups in total. The lowest BCUT2D eigenvalue weighted by Crippen LogP contribution is -2.45. The van der Waals surface area contributed by atoms with Gasteiger partial charge in [0.05, 0.1) is 17.9 Å². The number of nitrogens with one attached hydrogen (secondary N) is 1. The van der Waals surface area contributed by atoms with Crippen molar-refractivity contribution in [3.63, 3.8) is 0 Å². The van der Waals surface area contributed by atoms with E-state index in [-0.39, 0.29) is 29.9 Å². The Kier molecular flexibility index (Phi) is 4.25. The molecule has 1 amide bonds. The number of aryl methyl sites for hydroxylation is 1. The van der Waals surface area contributed by atoms with E-state index in [0.29, 0.717) is 24.7 Å². The van der Waals surface area contributed by atoms with E-state index in [4.69, 9.17) is 0 Å². The highest BCUT2D eigenvalue weighted by Gasteiger charge is 2.41. The fraction of sp³-hybridized carbons (Fsp3) is 0.733. The highest BCUT2D eigenvalue weighted by molar-refractivity contribution is 7.91. The first kappa shape index (κ1) is 15.5. The summed E-state index contributed by atoms with van der Waals surface area (Å²) in [5.41, 5.74) is 1.01. The molecule has 1 atom stereocenters. The second kappa shape index (κ2) is 6.02. The minimum Gasteiger partial charge on any atom is -0.345 e. The van der Waals surface area contributed by atoms with Crippen LogP contribution in [0.5, 0.6) is 0 Å². The van der Waals surface area contributed by atoms with E-state index in [0.717, 1.165) is 25.0 Å². The van der Waals surface area contributed by atoms with Crippen LogP contribution in [0.4, 0.5) is 0 Å². The number of hydrogen-bond donors (Lipinski definition) is 1. The number of H-pyrrole nitrogens is 1. The predicted molar refractivity (Wildman–Crippen MR) is 83.2 cm³/mol. The molecule has 0 radical (unpaired) electrons. The molecule has 1 saturated heterocycles. The maximum absolute atomic E-state index is 12.6. The van der Waals surface area contributed by atoms with Crippen molar-refractivity contribution in [2.75, 3.05) is 18.1 Å². The fourth-order valence-electron chi connectivity index (χ4n) is 3.16. The van der Waals surface area contributed by atoms with Gasteiger partial charge in [-0.15, -0.1) is 0 Å². The van der Waals surface area contributed by atoms with E-state index in [9.17, 15) is 13.2 Å². The zero-order valence-electron chi connectivity index (χ0n) is 12.9. The lowest BCUT2D eigenvalue weighted by molar-refractivity contribution is -0.132. The summed E-state index contributed by atoms with van der Waals surface area (Å²) in [6.45, 7) is 2.57.